The third kappa shape index (κ3) is 3.44. The van der Waals surface area contributed by atoms with Crippen molar-refractivity contribution in [3.63, 3.8) is 0 Å². The Kier molecular flexibility index (Phi) is 5.19. The van der Waals surface area contributed by atoms with Crippen molar-refractivity contribution in [2.75, 3.05) is 7.05 Å². The Labute approximate surface area is 135 Å². The molecule has 0 aromatic heterocycles. The van der Waals surface area contributed by atoms with E-state index in [0.29, 0.717) is 17.6 Å². The molecule has 23 heavy (non-hydrogen) atoms. The first kappa shape index (κ1) is 17.6. The van der Waals surface area contributed by atoms with E-state index in [2.05, 4.69) is 19.6 Å². The molecule has 2 aromatic carbocycles. The molecule has 0 aliphatic rings. The van der Waals surface area contributed by atoms with Crippen LogP contribution in [0.1, 0.15) is 5.56 Å². The van der Waals surface area contributed by atoms with Crippen LogP contribution in [0, 0.1) is 6.92 Å². The molecule has 0 fully saturated rings. The van der Waals surface area contributed by atoms with E-state index in [1.54, 1.807) is 0 Å². The van der Waals surface area contributed by atoms with E-state index in [-0.39, 0.29) is 32.0 Å². The summed E-state index contributed by atoms with van der Waals surface area (Å²) in [6.07, 6.45) is 0. The van der Waals surface area contributed by atoms with Crippen LogP contribution in [0.5, 0.6) is 5.75 Å². The maximum absolute atomic E-state index is 11.6. The summed E-state index contributed by atoms with van der Waals surface area (Å²) in [5.41, 5.74) is 0.284. The molecule has 2 rings (SSSR count). The van der Waals surface area contributed by atoms with Crippen LogP contribution in [-0.2, 0) is 19.5 Å². The molecule has 0 heterocycles. The van der Waals surface area contributed by atoms with Gasteiger partial charge in [-0.1, -0.05) is 17.2 Å². The van der Waals surface area contributed by atoms with Gasteiger partial charge in [0, 0.05) is 17.8 Å². The maximum atomic E-state index is 11.6. The molecule has 0 aliphatic carbocycles. The van der Waals surface area contributed by atoms with Crippen LogP contribution in [0.3, 0.4) is 0 Å². The number of phenolic OH excluding ortho intramolecular Hbond substituents is 1. The fraction of sp³-hybridized carbons (Fsp3) is 0.167. The second-order valence-electron chi connectivity index (χ2n) is 4.38. The fourth-order valence-electron chi connectivity index (χ4n) is 2.16. The Hall–Kier alpha value is -1.76. The normalized spacial score (nSPS) is 12.3. The van der Waals surface area contributed by atoms with Crippen molar-refractivity contribution in [3.8, 4) is 5.75 Å². The zero-order valence-electron chi connectivity index (χ0n) is 11.9. The summed E-state index contributed by atoms with van der Waals surface area (Å²) in [7, 11) is -3.16. The van der Waals surface area contributed by atoms with Gasteiger partial charge in [0.1, 0.15) is 10.6 Å². The van der Waals surface area contributed by atoms with Crippen molar-refractivity contribution >= 4 is 38.6 Å². The van der Waals surface area contributed by atoms with Gasteiger partial charge in [0.25, 0.3) is 10.1 Å². The molecule has 0 amide bonds. The smallest absolute Gasteiger partial charge is 0.295 e. The third-order valence-corrected chi connectivity index (χ3v) is 4.67. The summed E-state index contributed by atoms with van der Waals surface area (Å²) in [4.78, 5) is -0.234. The molecule has 11 heteroatoms. The van der Waals surface area contributed by atoms with Gasteiger partial charge in [-0.15, -0.1) is 4.33 Å². The van der Waals surface area contributed by atoms with E-state index in [9.17, 15) is 18.1 Å². The lowest BCUT2D eigenvalue weighted by Gasteiger charge is -2.12. The Morgan fingerprint density at radius 3 is 2.52 bits per heavy atom. The molecular formula is C12H12N2O7S2. The van der Waals surface area contributed by atoms with Crippen molar-refractivity contribution in [2.24, 2.45) is 10.2 Å². The molecule has 0 aliphatic heterocycles. The molecule has 0 bridgehead atoms. The highest BCUT2D eigenvalue weighted by Gasteiger charge is 2.22. The molecule has 0 saturated carbocycles. The molecule has 124 valence electrons. The van der Waals surface area contributed by atoms with E-state index in [1.807, 2.05) is 0 Å². The Morgan fingerprint density at radius 1 is 1.26 bits per heavy atom. The van der Waals surface area contributed by atoms with Gasteiger partial charge >= 0.3 is 0 Å². The van der Waals surface area contributed by atoms with Crippen LogP contribution in [0.4, 0.5) is 5.69 Å². The minimum absolute atomic E-state index is 0.00723. The lowest BCUT2D eigenvalue weighted by atomic mass is 10.1. The number of hydrogen-bond donors (Lipinski definition) is 3. The van der Waals surface area contributed by atoms with E-state index in [1.165, 1.54) is 32.2 Å². The molecule has 0 saturated heterocycles. The molecule has 9 nitrogen and oxygen atoms in total. The average Bonchev–Trinajstić information content (AvgIpc) is 2.46. The standard InChI is InChI=1S/C12H12N2O7S2/c1-6-3-4-7-8(12(6)23(17,18)19)5-9(22-21-20-16)10(11(7)15)14-13-2/h3-5,15-16H,1-2H3,(H,17,18,19). The van der Waals surface area contributed by atoms with Crippen molar-refractivity contribution in [1.29, 1.82) is 0 Å². The Morgan fingerprint density at radius 2 is 1.96 bits per heavy atom. The summed E-state index contributed by atoms with van der Waals surface area (Å²) < 4.78 is 37.0. The number of aromatic hydroxyl groups is 1. The number of benzene rings is 2. The molecule has 0 unspecified atom stereocenters. The van der Waals surface area contributed by atoms with E-state index in [4.69, 9.17) is 5.26 Å². The molecule has 3 N–H and O–H groups in total. The van der Waals surface area contributed by atoms with Gasteiger partial charge in [0.2, 0.25) is 0 Å². The van der Waals surface area contributed by atoms with Gasteiger partial charge < -0.3 is 5.11 Å². The summed E-state index contributed by atoms with van der Waals surface area (Å²) in [6, 6.07) is 4.25. The third-order valence-electron chi connectivity index (χ3n) is 2.99. The molecule has 0 atom stereocenters. The molecule has 2 aromatic rings. The maximum Gasteiger partial charge on any atom is 0.295 e. The second kappa shape index (κ2) is 6.78. The number of phenols is 1. The molecule has 0 radical (unpaired) electrons. The predicted molar refractivity (Wildman–Crippen MR) is 81.3 cm³/mol. The second-order valence-corrected chi connectivity index (χ2v) is 6.48. The predicted octanol–water partition coefficient (Wildman–Crippen LogP) is 3.24. The van der Waals surface area contributed by atoms with Crippen molar-refractivity contribution in [3.05, 3.63) is 23.8 Å². The first-order valence-electron chi connectivity index (χ1n) is 6.02. The van der Waals surface area contributed by atoms with Crippen LogP contribution >= 0.6 is 12.0 Å². The van der Waals surface area contributed by atoms with Crippen molar-refractivity contribution in [1.82, 2.24) is 0 Å². The fourth-order valence-corrected chi connectivity index (χ4v) is 3.56. The number of hydrogen-bond acceptors (Lipinski definition) is 9. The van der Waals surface area contributed by atoms with Crippen LogP contribution in [-0.4, -0.2) is 30.4 Å². The van der Waals surface area contributed by atoms with E-state index in [0.717, 1.165) is 0 Å². The highest BCUT2D eigenvalue weighted by Crippen LogP contribution is 2.45. The highest BCUT2D eigenvalue weighted by molar-refractivity contribution is 7.94. The molecular weight excluding hydrogens is 348 g/mol. The van der Waals surface area contributed by atoms with Crippen LogP contribution in [0.2, 0.25) is 0 Å². The van der Waals surface area contributed by atoms with Crippen molar-refractivity contribution in [2.45, 2.75) is 16.7 Å². The van der Waals surface area contributed by atoms with Gasteiger partial charge in [-0.2, -0.15) is 18.6 Å². The van der Waals surface area contributed by atoms with Gasteiger partial charge in [-0.25, -0.2) is 5.26 Å². The Balaban J connectivity index is 2.92. The van der Waals surface area contributed by atoms with Crippen LogP contribution in [0.15, 0.2) is 38.2 Å². The largest absolute Gasteiger partial charge is 0.505 e. The summed E-state index contributed by atoms with van der Waals surface area (Å²) in [5.74, 6) is -0.359. The summed E-state index contributed by atoms with van der Waals surface area (Å²) >= 11 is 0.479. The lowest BCUT2D eigenvalue weighted by Crippen LogP contribution is -2.02. The minimum Gasteiger partial charge on any atom is -0.505 e. The zero-order chi connectivity index (χ0) is 17.2. The first-order valence-corrected chi connectivity index (χ1v) is 8.20. The van der Waals surface area contributed by atoms with Gasteiger partial charge in [0.15, 0.2) is 5.75 Å². The van der Waals surface area contributed by atoms with E-state index >= 15 is 0 Å². The summed E-state index contributed by atoms with van der Waals surface area (Å²) in [6.45, 7) is 1.50. The quantitative estimate of drug-likeness (QED) is 0.243. The van der Waals surface area contributed by atoms with Crippen LogP contribution < -0.4 is 0 Å². The summed E-state index contributed by atoms with van der Waals surface area (Å²) in [5, 5.41) is 29.6. The van der Waals surface area contributed by atoms with E-state index < -0.39 is 10.1 Å². The van der Waals surface area contributed by atoms with Gasteiger partial charge in [-0.05, 0) is 18.6 Å². The number of nitrogens with zero attached hydrogens (tertiary/aromatic N) is 2. The minimum atomic E-state index is -4.54. The SMILES string of the molecule is CN=Nc1c(SOOO)cc2c(S(=O)(=O)O)c(C)ccc2c1O. The van der Waals surface area contributed by atoms with Crippen LogP contribution in [0.25, 0.3) is 10.8 Å². The lowest BCUT2D eigenvalue weighted by molar-refractivity contribution is -0.432. The van der Waals surface area contributed by atoms with Crippen molar-refractivity contribution < 1.29 is 32.7 Å². The number of azo groups is 1. The van der Waals surface area contributed by atoms with Gasteiger partial charge in [0.05, 0.1) is 16.9 Å². The van der Waals surface area contributed by atoms with Gasteiger partial charge in [-0.3, -0.25) is 4.55 Å². The highest BCUT2D eigenvalue weighted by atomic mass is 32.2. The number of fused-ring (bicyclic) bond motifs is 1. The Bertz CT molecular complexity index is 881. The zero-order valence-corrected chi connectivity index (χ0v) is 13.6. The first-order chi connectivity index (χ1) is 10.8. The average molecular weight is 360 g/mol. The number of rotatable bonds is 5. The monoisotopic (exact) mass is 360 g/mol. The number of aryl methyl sites for hydroxylation is 1. The topological polar surface area (TPSA) is 138 Å². The molecule has 0 spiro atoms.